The largest absolute Gasteiger partial charge is 0.294 e. The molecule has 1 fully saturated rings. The van der Waals surface area contributed by atoms with E-state index in [-0.39, 0.29) is 0 Å². The van der Waals surface area contributed by atoms with E-state index in [1.807, 2.05) is 0 Å². The van der Waals surface area contributed by atoms with Gasteiger partial charge in [0.2, 0.25) is 0 Å². The number of rotatable bonds is 2. The maximum atomic E-state index is 11.1. The summed E-state index contributed by atoms with van der Waals surface area (Å²) in [5.41, 5.74) is 0. The molecule has 3 heteroatoms. The van der Waals surface area contributed by atoms with Gasteiger partial charge in [-0.1, -0.05) is 19.3 Å². The molecule has 0 unspecified atom stereocenters. The van der Waals surface area contributed by atoms with Gasteiger partial charge in [-0.25, -0.2) is 4.21 Å². The van der Waals surface area contributed by atoms with Gasteiger partial charge in [0.1, 0.15) is 0 Å². The smallest absolute Gasteiger partial charge is 0.158 e. The van der Waals surface area contributed by atoms with E-state index in [0.29, 0.717) is 5.25 Å². The summed E-state index contributed by atoms with van der Waals surface area (Å²) >= 11 is -1.01. The summed E-state index contributed by atoms with van der Waals surface area (Å²) in [5.74, 6) is 0. The molecular weight excluding hydrogens is 148 g/mol. The fraction of sp³-hybridized carbons (Fsp3) is 1.00. The normalized spacial score (nSPS) is 24.5. The van der Waals surface area contributed by atoms with Gasteiger partial charge in [-0.15, -0.1) is 0 Å². The SMILES string of the molecule is CO[S@](=O)C1CCCCC1. The van der Waals surface area contributed by atoms with E-state index in [1.165, 1.54) is 26.4 Å². The Morgan fingerprint density at radius 2 is 1.90 bits per heavy atom. The lowest BCUT2D eigenvalue weighted by Gasteiger charge is -2.18. The number of hydrogen-bond donors (Lipinski definition) is 0. The van der Waals surface area contributed by atoms with Crippen LogP contribution < -0.4 is 0 Å². The molecule has 1 rings (SSSR count). The van der Waals surface area contributed by atoms with Crippen molar-refractivity contribution in [3.05, 3.63) is 0 Å². The van der Waals surface area contributed by atoms with Crippen LogP contribution >= 0.6 is 0 Å². The molecule has 1 aliphatic rings. The summed E-state index contributed by atoms with van der Waals surface area (Å²) in [7, 11) is 1.52. The molecule has 0 saturated heterocycles. The lowest BCUT2D eigenvalue weighted by atomic mass is 10.0. The van der Waals surface area contributed by atoms with Crippen molar-refractivity contribution in [2.75, 3.05) is 7.11 Å². The minimum absolute atomic E-state index is 0.318. The molecule has 0 N–H and O–H groups in total. The van der Waals surface area contributed by atoms with Gasteiger partial charge in [-0.3, -0.25) is 4.18 Å². The van der Waals surface area contributed by atoms with E-state index in [2.05, 4.69) is 0 Å². The molecule has 10 heavy (non-hydrogen) atoms. The Morgan fingerprint density at radius 1 is 1.30 bits per heavy atom. The van der Waals surface area contributed by atoms with Crippen LogP contribution in [-0.4, -0.2) is 16.6 Å². The summed E-state index contributed by atoms with van der Waals surface area (Å²) < 4.78 is 15.8. The lowest BCUT2D eigenvalue weighted by molar-refractivity contribution is 0.413. The van der Waals surface area contributed by atoms with Gasteiger partial charge in [-0.05, 0) is 12.8 Å². The average molecular weight is 162 g/mol. The Hall–Kier alpha value is 0.110. The highest BCUT2D eigenvalue weighted by Gasteiger charge is 2.19. The zero-order chi connectivity index (χ0) is 7.40. The zero-order valence-corrected chi connectivity index (χ0v) is 7.15. The summed E-state index contributed by atoms with van der Waals surface area (Å²) in [5, 5.41) is 0.318. The maximum absolute atomic E-state index is 11.1. The van der Waals surface area contributed by atoms with E-state index in [1.54, 1.807) is 0 Å². The molecule has 0 spiro atoms. The second-order valence-electron chi connectivity index (χ2n) is 2.69. The van der Waals surface area contributed by atoms with Crippen LogP contribution in [0.2, 0.25) is 0 Å². The zero-order valence-electron chi connectivity index (χ0n) is 6.34. The highest BCUT2D eigenvalue weighted by Crippen LogP contribution is 2.21. The summed E-state index contributed by atoms with van der Waals surface area (Å²) in [6.07, 6.45) is 5.91. The van der Waals surface area contributed by atoms with Gasteiger partial charge in [0.05, 0.1) is 12.4 Å². The second-order valence-corrected chi connectivity index (χ2v) is 4.21. The van der Waals surface area contributed by atoms with Gasteiger partial charge < -0.3 is 0 Å². The van der Waals surface area contributed by atoms with Crippen molar-refractivity contribution in [1.82, 2.24) is 0 Å². The molecule has 1 saturated carbocycles. The van der Waals surface area contributed by atoms with Crippen molar-refractivity contribution in [3.63, 3.8) is 0 Å². The predicted octanol–water partition coefficient (Wildman–Crippen LogP) is 1.63. The molecule has 0 amide bonds. The molecule has 1 aliphatic carbocycles. The summed E-state index contributed by atoms with van der Waals surface area (Å²) in [4.78, 5) is 0. The quantitative estimate of drug-likeness (QED) is 0.617. The average Bonchev–Trinajstić information content (AvgIpc) is 2.05. The first-order valence-corrected chi connectivity index (χ1v) is 4.93. The monoisotopic (exact) mass is 162 g/mol. The molecule has 0 aromatic rings. The van der Waals surface area contributed by atoms with Crippen LogP contribution in [-0.2, 0) is 15.3 Å². The van der Waals surface area contributed by atoms with Crippen LogP contribution in [0.5, 0.6) is 0 Å². The van der Waals surface area contributed by atoms with Crippen LogP contribution in [0, 0.1) is 0 Å². The molecule has 60 valence electrons. The Labute approximate surface area is 64.6 Å². The Balaban J connectivity index is 2.31. The maximum Gasteiger partial charge on any atom is 0.158 e. The highest BCUT2D eigenvalue weighted by molar-refractivity contribution is 7.80. The van der Waals surface area contributed by atoms with E-state index in [4.69, 9.17) is 4.18 Å². The van der Waals surface area contributed by atoms with Gasteiger partial charge in [-0.2, -0.15) is 0 Å². The molecule has 0 heterocycles. The van der Waals surface area contributed by atoms with Gasteiger partial charge in [0.25, 0.3) is 0 Å². The second kappa shape index (κ2) is 4.09. The van der Waals surface area contributed by atoms with Crippen LogP contribution in [0.1, 0.15) is 32.1 Å². The molecule has 0 aliphatic heterocycles. The Morgan fingerprint density at radius 3 is 2.40 bits per heavy atom. The molecule has 0 bridgehead atoms. The molecule has 0 radical (unpaired) electrons. The first kappa shape index (κ1) is 8.21. The van der Waals surface area contributed by atoms with Crippen molar-refractivity contribution in [1.29, 1.82) is 0 Å². The Kier molecular flexibility index (Phi) is 3.35. The minimum Gasteiger partial charge on any atom is -0.294 e. The molecule has 0 aromatic carbocycles. The third kappa shape index (κ3) is 2.06. The lowest BCUT2D eigenvalue weighted by Crippen LogP contribution is -2.19. The van der Waals surface area contributed by atoms with Crippen molar-refractivity contribution >= 4 is 11.1 Å². The van der Waals surface area contributed by atoms with E-state index >= 15 is 0 Å². The van der Waals surface area contributed by atoms with Gasteiger partial charge >= 0.3 is 0 Å². The summed E-state index contributed by atoms with van der Waals surface area (Å²) in [6, 6.07) is 0. The van der Waals surface area contributed by atoms with Crippen LogP contribution in [0.3, 0.4) is 0 Å². The highest BCUT2D eigenvalue weighted by atomic mass is 32.2. The van der Waals surface area contributed by atoms with Crippen LogP contribution in [0.4, 0.5) is 0 Å². The van der Waals surface area contributed by atoms with Crippen molar-refractivity contribution in [2.24, 2.45) is 0 Å². The van der Waals surface area contributed by atoms with Crippen molar-refractivity contribution in [2.45, 2.75) is 37.4 Å². The molecule has 0 aromatic heterocycles. The minimum atomic E-state index is -1.01. The van der Waals surface area contributed by atoms with Crippen molar-refractivity contribution < 1.29 is 8.39 Å². The van der Waals surface area contributed by atoms with E-state index in [0.717, 1.165) is 12.8 Å². The van der Waals surface area contributed by atoms with Gasteiger partial charge in [0, 0.05) is 0 Å². The van der Waals surface area contributed by atoms with Crippen molar-refractivity contribution in [3.8, 4) is 0 Å². The first-order chi connectivity index (χ1) is 4.84. The Bertz CT molecular complexity index is 119. The third-order valence-electron chi connectivity index (χ3n) is 1.99. The van der Waals surface area contributed by atoms with E-state index < -0.39 is 11.1 Å². The molecule has 2 nitrogen and oxygen atoms in total. The topological polar surface area (TPSA) is 26.3 Å². The fourth-order valence-corrected chi connectivity index (χ4v) is 2.38. The van der Waals surface area contributed by atoms with E-state index in [9.17, 15) is 4.21 Å². The number of hydrogen-bond acceptors (Lipinski definition) is 2. The molecule has 1 atom stereocenters. The molecular formula is C7H14O2S. The van der Waals surface area contributed by atoms with Crippen LogP contribution in [0.15, 0.2) is 0 Å². The first-order valence-electron chi connectivity index (χ1n) is 3.79. The predicted molar refractivity (Wildman–Crippen MR) is 42.0 cm³/mol. The van der Waals surface area contributed by atoms with Gasteiger partial charge in [0.15, 0.2) is 11.1 Å². The fourth-order valence-electron chi connectivity index (χ4n) is 1.39. The standard InChI is InChI=1S/C7H14O2S/c1-9-10(8)7-5-3-2-4-6-7/h7H,2-6H2,1H3/t10-/m0/s1. The third-order valence-corrected chi connectivity index (χ3v) is 3.33. The summed E-state index contributed by atoms with van der Waals surface area (Å²) in [6.45, 7) is 0. The van der Waals surface area contributed by atoms with Crippen LogP contribution in [0.25, 0.3) is 0 Å².